The number of methoxy groups -OCH3 is 1. The first kappa shape index (κ1) is 13.7. The van der Waals surface area contributed by atoms with Crippen molar-refractivity contribution in [1.82, 2.24) is 0 Å². The monoisotopic (exact) mass is 235 g/mol. The minimum Gasteiger partial charge on any atom is -0.497 e. The number of Topliss-reactive ketones (excluding diaryl/α,β-unsaturated/α-hetero) is 1. The molecule has 0 amide bonds. The Morgan fingerprint density at radius 2 is 2.24 bits per heavy atom. The number of carbonyl (C=O) groups is 1. The van der Waals surface area contributed by atoms with E-state index in [0.29, 0.717) is 25.3 Å². The van der Waals surface area contributed by atoms with Crippen LogP contribution in [0.3, 0.4) is 0 Å². The summed E-state index contributed by atoms with van der Waals surface area (Å²) < 4.78 is 5.12. The van der Waals surface area contributed by atoms with Crippen LogP contribution in [0.25, 0.3) is 0 Å². The van der Waals surface area contributed by atoms with Crippen molar-refractivity contribution < 1.29 is 9.53 Å². The van der Waals surface area contributed by atoms with E-state index in [-0.39, 0.29) is 5.78 Å². The van der Waals surface area contributed by atoms with Crippen LogP contribution in [0.4, 0.5) is 0 Å². The van der Waals surface area contributed by atoms with Gasteiger partial charge in [-0.3, -0.25) is 4.79 Å². The summed E-state index contributed by atoms with van der Waals surface area (Å²) in [4.78, 5) is 11.8. The van der Waals surface area contributed by atoms with Crippen molar-refractivity contribution in [2.75, 3.05) is 13.7 Å². The average molecular weight is 235 g/mol. The summed E-state index contributed by atoms with van der Waals surface area (Å²) in [6.07, 6.45) is 1.96. The van der Waals surface area contributed by atoms with E-state index in [2.05, 4.69) is 6.92 Å². The van der Waals surface area contributed by atoms with E-state index >= 15 is 0 Å². The molecule has 0 radical (unpaired) electrons. The van der Waals surface area contributed by atoms with Gasteiger partial charge in [-0.2, -0.15) is 0 Å². The maximum absolute atomic E-state index is 11.8. The van der Waals surface area contributed by atoms with Gasteiger partial charge in [0.15, 0.2) is 0 Å². The van der Waals surface area contributed by atoms with E-state index in [4.69, 9.17) is 10.5 Å². The van der Waals surface area contributed by atoms with Gasteiger partial charge in [0.2, 0.25) is 0 Å². The van der Waals surface area contributed by atoms with E-state index in [9.17, 15) is 4.79 Å². The van der Waals surface area contributed by atoms with Crippen LogP contribution >= 0.6 is 0 Å². The molecule has 1 aromatic carbocycles. The van der Waals surface area contributed by atoms with E-state index < -0.39 is 0 Å². The molecule has 0 heterocycles. The third-order valence-electron chi connectivity index (χ3n) is 2.85. The summed E-state index contributed by atoms with van der Waals surface area (Å²) in [6, 6.07) is 7.64. The predicted molar refractivity (Wildman–Crippen MR) is 69.2 cm³/mol. The molecule has 0 saturated heterocycles. The molecule has 0 fully saturated rings. The number of ether oxygens (including phenoxy) is 1. The Morgan fingerprint density at radius 3 is 2.88 bits per heavy atom. The molecule has 3 heteroatoms. The van der Waals surface area contributed by atoms with Crippen LogP contribution in [-0.2, 0) is 11.2 Å². The maximum Gasteiger partial charge on any atom is 0.137 e. The molecule has 17 heavy (non-hydrogen) atoms. The molecule has 1 aromatic rings. The molecule has 0 aliphatic rings. The highest BCUT2D eigenvalue weighted by molar-refractivity contribution is 5.80. The Labute approximate surface area is 103 Å². The fourth-order valence-electron chi connectivity index (χ4n) is 1.62. The summed E-state index contributed by atoms with van der Waals surface area (Å²) in [5, 5.41) is 0. The molecular formula is C14H21NO2. The lowest BCUT2D eigenvalue weighted by atomic mass is 10.00. The smallest absolute Gasteiger partial charge is 0.137 e. The van der Waals surface area contributed by atoms with Gasteiger partial charge in [0.05, 0.1) is 7.11 Å². The van der Waals surface area contributed by atoms with Gasteiger partial charge in [-0.1, -0.05) is 19.1 Å². The van der Waals surface area contributed by atoms with Crippen molar-refractivity contribution >= 4 is 5.78 Å². The quantitative estimate of drug-likeness (QED) is 0.788. The minimum atomic E-state index is 0.263. The number of carbonyl (C=O) groups excluding carboxylic acids is 1. The van der Waals surface area contributed by atoms with Crippen LogP contribution < -0.4 is 10.5 Å². The van der Waals surface area contributed by atoms with E-state index in [1.165, 1.54) is 0 Å². The van der Waals surface area contributed by atoms with Gasteiger partial charge in [0.25, 0.3) is 0 Å². The fraction of sp³-hybridized carbons (Fsp3) is 0.500. The number of benzene rings is 1. The number of rotatable bonds is 7. The Hall–Kier alpha value is -1.35. The van der Waals surface area contributed by atoms with Gasteiger partial charge in [-0.15, -0.1) is 0 Å². The lowest BCUT2D eigenvalue weighted by Crippen LogP contribution is -2.13. The predicted octanol–water partition coefficient (Wildman–Crippen LogP) is 2.18. The Kier molecular flexibility index (Phi) is 5.70. The van der Waals surface area contributed by atoms with E-state index in [1.807, 2.05) is 24.3 Å². The number of hydrogen-bond donors (Lipinski definition) is 1. The Bertz CT molecular complexity index is 363. The first-order valence-corrected chi connectivity index (χ1v) is 6.00. The zero-order valence-corrected chi connectivity index (χ0v) is 10.6. The van der Waals surface area contributed by atoms with Crippen LogP contribution in [0.1, 0.15) is 25.3 Å². The maximum atomic E-state index is 11.8. The van der Waals surface area contributed by atoms with Crippen molar-refractivity contribution in [3.63, 3.8) is 0 Å². The minimum absolute atomic E-state index is 0.263. The molecule has 2 N–H and O–H groups in total. The van der Waals surface area contributed by atoms with Crippen molar-refractivity contribution in [3.05, 3.63) is 29.8 Å². The number of ketones is 1. The fourth-order valence-corrected chi connectivity index (χ4v) is 1.62. The average Bonchev–Trinajstić information content (AvgIpc) is 2.36. The van der Waals surface area contributed by atoms with Crippen LogP contribution in [0.2, 0.25) is 0 Å². The zero-order chi connectivity index (χ0) is 12.7. The molecule has 0 aliphatic carbocycles. The van der Waals surface area contributed by atoms with E-state index in [0.717, 1.165) is 17.7 Å². The second kappa shape index (κ2) is 7.07. The second-order valence-electron chi connectivity index (χ2n) is 4.45. The first-order valence-electron chi connectivity index (χ1n) is 6.00. The zero-order valence-electron chi connectivity index (χ0n) is 10.6. The second-order valence-corrected chi connectivity index (χ2v) is 4.45. The van der Waals surface area contributed by atoms with Crippen molar-refractivity contribution in [3.8, 4) is 5.75 Å². The van der Waals surface area contributed by atoms with Crippen LogP contribution in [0, 0.1) is 5.92 Å². The lowest BCUT2D eigenvalue weighted by molar-refractivity contribution is -0.118. The highest BCUT2D eigenvalue weighted by atomic mass is 16.5. The summed E-state index contributed by atoms with van der Waals surface area (Å²) in [5.41, 5.74) is 6.53. The molecule has 0 saturated carbocycles. The number of hydrogen-bond acceptors (Lipinski definition) is 3. The molecule has 0 aromatic heterocycles. The van der Waals surface area contributed by atoms with Gasteiger partial charge in [0.1, 0.15) is 11.5 Å². The van der Waals surface area contributed by atoms with Crippen LogP contribution in [-0.4, -0.2) is 19.4 Å². The van der Waals surface area contributed by atoms with Gasteiger partial charge in [-0.05, 0) is 36.6 Å². The standard InChI is InChI=1S/C14H21NO2/c1-11(10-15)6-7-13(16)8-12-4-3-5-14(9-12)17-2/h3-5,9,11H,6-8,10,15H2,1-2H3. The molecule has 1 unspecified atom stereocenters. The normalized spacial score (nSPS) is 12.2. The summed E-state index contributed by atoms with van der Waals surface area (Å²) in [7, 11) is 1.63. The van der Waals surface area contributed by atoms with Crippen molar-refractivity contribution in [2.24, 2.45) is 11.7 Å². The summed E-state index contributed by atoms with van der Waals surface area (Å²) in [5.74, 6) is 1.48. The van der Waals surface area contributed by atoms with Crippen LogP contribution in [0.15, 0.2) is 24.3 Å². The Morgan fingerprint density at radius 1 is 1.47 bits per heavy atom. The summed E-state index contributed by atoms with van der Waals surface area (Å²) >= 11 is 0. The van der Waals surface area contributed by atoms with Gasteiger partial charge < -0.3 is 10.5 Å². The molecule has 3 nitrogen and oxygen atoms in total. The van der Waals surface area contributed by atoms with Crippen molar-refractivity contribution in [2.45, 2.75) is 26.2 Å². The highest BCUT2D eigenvalue weighted by Crippen LogP contribution is 2.14. The summed E-state index contributed by atoms with van der Waals surface area (Å²) in [6.45, 7) is 2.71. The molecule has 0 spiro atoms. The topological polar surface area (TPSA) is 52.3 Å². The molecule has 0 aliphatic heterocycles. The molecular weight excluding hydrogens is 214 g/mol. The van der Waals surface area contributed by atoms with E-state index in [1.54, 1.807) is 7.11 Å². The van der Waals surface area contributed by atoms with Crippen LogP contribution in [0.5, 0.6) is 5.75 Å². The Balaban J connectivity index is 2.44. The van der Waals surface area contributed by atoms with Gasteiger partial charge >= 0.3 is 0 Å². The lowest BCUT2D eigenvalue weighted by Gasteiger charge is -2.07. The van der Waals surface area contributed by atoms with Gasteiger partial charge in [0, 0.05) is 12.8 Å². The molecule has 1 atom stereocenters. The number of nitrogens with two attached hydrogens (primary N) is 1. The van der Waals surface area contributed by atoms with Crippen molar-refractivity contribution in [1.29, 1.82) is 0 Å². The highest BCUT2D eigenvalue weighted by Gasteiger charge is 2.07. The molecule has 94 valence electrons. The molecule has 1 rings (SSSR count). The SMILES string of the molecule is COc1cccc(CC(=O)CCC(C)CN)c1. The first-order chi connectivity index (χ1) is 8.15. The van der Waals surface area contributed by atoms with Gasteiger partial charge in [-0.25, -0.2) is 0 Å². The third kappa shape index (κ3) is 5.00. The largest absolute Gasteiger partial charge is 0.497 e. The third-order valence-corrected chi connectivity index (χ3v) is 2.85. The molecule has 0 bridgehead atoms.